The zero-order chi connectivity index (χ0) is 22.7. The van der Waals surface area contributed by atoms with Crippen molar-refractivity contribution in [1.29, 1.82) is 0 Å². The average Bonchev–Trinajstić information content (AvgIpc) is 2.82. The van der Waals surface area contributed by atoms with E-state index < -0.39 is 6.10 Å². The van der Waals surface area contributed by atoms with Gasteiger partial charge in [-0.15, -0.1) is 0 Å². The molecule has 1 amide bonds. The zero-order valence-electron chi connectivity index (χ0n) is 19.1. The maximum Gasteiger partial charge on any atom is 0.249 e. The zero-order valence-corrected chi connectivity index (χ0v) is 19.1. The lowest BCUT2D eigenvalue weighted by Crippen LogP contribution is -2.43. The third kappa shape index (κ3) is 4.91. The monoisotopic (exact) mass is 432 g/mol. The molecule has 2 N–H and O–H groups in total. The molecule has 3 aromatic rings. The van der Waals surface area contributed by atoms with E-state index in [9.17, 15) is 9.90 Å². The van der Waals surface area contributed by atoms with Crippen molar-refractivity contribution >= 4 is 22.6 Å². The molecule has 0 saturated carbocycles. The standard InChI is InChI=1S/C26H32N4O2/c1-17(2)23(31)26(32)27-16-19-11-13-30(14-12-19)25-21-10-9-18(3)15-22(21)28-24(29-25)20-7-5-4-6-8-20/h4-10,15,17,19,23,31H,11-14,16H2,1-3H3,(H,27,32)/t23-/m1/s1. The molecule has 1 aliphatic heterocycles. The maximum absolute atomic E-state index is 12.1. The fourth-order valence-electron chi connectivity index (χ4n) is 4.18. The highest BCUT2D eigenvalue weighted by Gasteiger charge is 2.25. The second kappa shape index (κ2) is 9.65. The third-order valence-electron chi connectivity index (χ3n) is 6.24. The number of carbonyl (C=O) groups excluding carboxylic acids is 1. The van der Waals surface area contributed by atoms with Crippen molar-refractivity contribution < 1.29 is 9.90 Å². The Morgan fingerprint density at radius 1 is 1.12 bits per heavy atom. The maximum atomic E-state index is 12.1. The highest BCUT2D eigenvalue weighted by molar-refractivity contribution is 5.91. The Bertz CT molecular complexity index is 1080. The molecule has 0 aliphatic carbocycles. The second-order valence-corrected chi connectivity index (χ2v) is 9.12. The van der Waals surface area contributed by atoms with E-state index >= 15 is 0 Å². The first-order valence-electron chi connectivity index (χ1n) is 11.5. The van der Waals surface area contributed by atoms with E-state index in [1.54, 1.807) is 0 Å². The van der Waals surface area contributed by atoms with E-state index in [1.165, 1.54) is 5.56 Å². The van der Waals surface area contributed by atoms with Gasteiger partial charge >= 0.3 is 0 Å². The van der Waals surface area contributed by atoms with Crippen LogP contribution in [0.1, 0.15) is 32.3 Å². The van der Waals surface area contributed by atoms with Crippen LogP contribution in [0, 0.1) is 18.8 Å². The van der Waals surface area contributed by atoms with Crippen molar-refractivity contribution in [3.05, 3.63) is 54.1 Å². The first kappa shape index (κ1) is 22.2. The summed E-state index contributed by atoms with van der Waals surface area (Å²) in [5.74, 6) is 1.78. The highest BCUT2D eigenvalue weighted by atomic mass is 16.3. The van der Waals surface area contributed by atoms with E-state index in [0.717, 1.165) is 54.0 Å². The van der Waals surface area contributed by atoms with Gasteiger partial charge in [-0.05, 0) is 49.3 Å². The number of rotatable bonds is 6. The fraction of sp³-hybridized carbons (Fsp3) is 0.423. The van der Waals surface area contributed by atoms with E-state index in [-0.39, 0.29) is 11.8 Å². The van der Waals surface area contributed by atoms with Gasteiger partial charge in [0.2, 0.25) is 5.91 Å². The van der Waals surface area contributed by atoms with Gasteiger partial charge in [0, 0.05) is 30.6 Å². The molecule has 2 heterocycles. The first-order valence-corrected chi connectivity index (χ1v) is 11.5. The molecule has 32 heavy (non-hydrogen) atoms. The minimum atomic E-state index is -0.942. The number of nitrogens with zero attached hydrogens (tertiary/aromatic N) is 3. The van der Waals surface area contributed by atoms with Gasteiger partial charge in [-0.2, -0.15) is 0 Å². The number of nitrogens with one attached hydrogen (secondary N) is 1. The van der Waals surface area contributed by atoms with Crippen LogP contribution in [0.3, 0.4) is 0 Å². The summed E-state index contributed by atoms with van der Waals surface area (Å²) in [5, 5.41) is 13.9. The van der Waals surface area contributed by atoms with Gasteiger partial charge in [0.1, 0.15) is 11.9 Å². The lowest BCUT2D eigenvalue weighted by Gasteiger charge is -2.33. The summed E-state index contributed by atoms with van der Waals surface area (Å²) in [6.07, 6.45) is 0.994. The Labute approximate surface area is 189 Å². The van der Waals surface area contributed by atoms with E-state index in [2.05, 4.69) is 35.3 Å². The Balaban J connectivity index is 1.51. The van der Waals surface area contributed by atoms with Crippen molar-refractivity contribution in [3.8, 4) is 11.4 Å². The SMILES string of the molecule is Cc1ccc2c(N3CCC(CNC(=O)[C@H](O)C(C)C)CC3)nc(-c3ccccc3)nc2c1. The molecule has 168 valence electrons. The largest absolute Gasteiger partial charge is 0.383 e. The summed E-state index contributed by atoms with van der Waals surface area (Å²) in [7, 11) is 0. The van der Waals surface area contributed by atoms with Crippen molar-refractivity contribution in [1.82, 2.24) is 15.3 Å². The molecule has 1 fully saturated rings. The summed E-state index contributed by atoms with van der Waals surface area (Å²) < 4.78 is 0. The van der Waals surface area contributed by atoms with Gasteiger partial charge in [-0.25, -0.2) is 9.97 Å². The molecular weight excluding hydrogens is 400 g/mol. The first-order chi connectivity index (χ1) is 15.4. The number of aliphatic hydroxyl groups excluding tert-OH is 1. The van der Waals surface area contributed by atoms with Crippen LogP contribution in [-0.2, 0) is 4.79 Å². The quantitative estimate of drug-likeness (QED) is 0.617. The topological polar surface area (TPSA) is 78.4 Å². The predicted octanol–water partition coefficient (Wildman–Crippen LogP) is 3.95. The van der Waals surface area contributed by atoms with Crippen molar-refractivity contribution in [2.45, 2.75) is 39.7 Å². The number of hydrogen-bond acceptors (Lipinski definition) is 5. The number of hydrogen-bond donors (Lipinski definition) is 2. The molecule has 4 rings (SSSR count). The molecule has 6 nitrogen and oxygen atoms in total. The molecule has 0 unspecified atom stereocenters. The van der Waals surface area contributed by atoms with Gasteiger partial charge in [0.15, 0.2) is 5.82 Å². The van der Waals surface area contributed by atoms with Gasteiger partial charge in [0.05, 0.1) is 5.52 Å². The summed E-state index contributed by atoms with van der Waals surface area (Å²) >= 11 is 0. The Morgan fingerprint density at radius 2 is 1.84 bits per heavy atom. The summed E-state index contributed by atoms with van der Waals surface area (Å²) in [6, 6.07) is 16.5. The van der Waals surface area contributed by atoms with Crippen LogP contribution in [0.4, 0.5) is 5.82 Å². The van der Waals surface area contributed by atoms with Crippen molar-refractivity contribution in [2.24, 2.45) is 11.8 Å². The van der Waals surface area contributed by atoms with Crippen LogP contribution in [0.2, 0.25) is 0 Å². The Kier molecular flexibility index (Phi) is 6.70. The van der Waals surface area contributed by atoms with E-state index in [0.29, 0.717) is 12.5 Å². The van der Waals surface area contributed by atoms with E-state index in [1.807, 2.05) is 44.2 Å². The number of aryl methyl sites for hydroxylation is 1. The summed E-state index contributed by atoms with van der Waals surface area (Å²) in [4.78, 5) is 24.2. The molecule has 0 radical (unpaired) electrons. The fourth-order valence-corrected chi connectivity index (χ4v) is 4.18. The molecule has 1 atom stereocenters. The van der Waals surface area contributed by atoms with Crippen LogP contribution in [0.5, 0.6) is 0 Å². The van der Waals surface area contributed by atoms with Crippen LogP contribution >= 0.6 is 0 Å². The molecule has 1 aromatic heterocycles. The summed E-state index contributed by atoms with van der Waals surface area (Å²) in [5.41, 5.74) is 3.16. The molecule has 0 bridgehead atoms. The summed E-state index contributed by atoms with van der Waals surface area (Å²) in [6.45, 7) is 8.14. The number of fused-ring (bicyclic) bond motifs is 1. The normalized spacial score (nSPS) is 15.8. The smallest absolute Gasteiger partial charge is 0.249 e. The molecule has 1 aliphatic rings. The number of carbonyl (C=O) groups is 1. The van der Waals surface area contributed by atoms with Gasteiger partial charge in [-0.3, -0.25) is 4.79 Å². The van der Waals surface area contributed by atoms with E-state index in [4.69, 9.17) is 9.97 Å². The highest BCUT2D eigenvalue weighted by Crippen LogP contribution is 2.31. The number of amides is 1. The van der Waals surface area contributed by atoms with Crippen LogP contribution in [0.25, 0.3) is 22.3 Å². The van der Waals surface area contributed by atoms with Gasteiger partial charge < -0.3 is 15.3 Å². The number of benzene rings is 2. The van der Waals surface area contributed by atoms with Crippen molar-refractivity contribution in [2.75, 3.05) is 24.5 Å². The third-order valence-corrected chi connectivity index (χ3v) is 6.24. The van der Waals surface area contributed by atoms with Crippen LogP contribution in [0.15, 0.2) is 48.5 Å². The van der Waals surface area contributed by atoms with Crippen LogP contribution < -0.4 is 10.2 Å². The number of piperidine rings is 1. The molecular formula is C26H32N4O2. The molecule has 1 saturated heterocycles. The predicted molar refractivity (Wildman–Crippen MR) is 129 cm³/mol. The average molecular weight is 433 g/mol. The number of aromatic nitrogens is 2. The number of anilines is 1. The lowest BCUT2D eigenvalue weighted by atomic mass is 9.96. The Hall–Kier alpha value is -2.99. The second-order valence-electron chi connectivity index (χ2n) is 9.12. The molecule has 6 heteroatoms. The van der Waals surface area contributed by atoms with Crippen molar-refractivity contribution in [3.63, 3.8) is 0 Å². The van der Waals surface area contributed by atoms with Gasteiger partial charge in [0.25, 0.3) is 0 Å². The minimum absolute atomic E-state index is 0.0784. The molecule has 0 spiro atoms. The van der Waals surface area contributed by atoms with Gasteiger partial charge in [-0.1, -0.05) is 50.2 Å². The van der Waals surface area contributed by atoms with Crippen LogP contribution in [-0.4, -0.2) is 46.7 Å². The lowest BCUT2D eigenvalue weighted by molar-refractivity contribution is -0.131. The Morgan fingerprint density at radius 3 is 2.53 bits per heavy atom. The minimum Gasteiger partial charge on any atom is -0.383 e. The number of aliphatic hydroxyl groups is 1. The molecule has 2 aromatic carbocycles.